The van der Waals surface area contributed by atoms with E-state index in [-0.39, 0.29) is 22.6 Å². The smallest absolute Gasteiger partial charge is 0.312 e. The summed E-state index contributed by atoms with van der Waals surface area (Å²) in [5.74, 6) is 2.11. The lowest BCUT2D eigenvalue weighted by molar-refractivity contribution is -0.251. The lowest BCUT2D eigenvalue weighted by atomic mass is 9.52. The lowest BCUT2D eigenvalue weighted by Crippen LogP contribution is -2.62. The van der Waals surface area contributed by atoms with Gasteiger partial charge in [0.2, 0.25) is 0 Å². The van der Waals surface area contributed by atoms with E-state index >= 15 is 0 Å². The molecule has 5 saturated carbocycles. The van der Waals surface area contributed by atoms with Crippen molar-refractivity contribution in [2.75, 3.05) is 0 Å². The maximum absolute atomic E-state index is 12.9. The number of hydrogen-bond acceptors (Lipinski definition) is 3. The average molecular weight is 363 g/mol. The molecule has 148 valence electrons. The molecule has 0 N–H and O–H groups in total. The Morgan fingerprint density at radius 2 is 1.65 bits per heavy atom. The zero-order valence-corrected chi connectivity index (χ0v) is 17.3. The second-order valence-corrected chi connectivity index (χ2v) is 10.8. The predicted molar refractivity (Wildman–Crippen MR) is 103 cm³/mol. The third-order valence-electron chi connectivity index (χ3n) is 8.20. The number of hydrogen-bond donors (Lipinski definition) is 0. The van der Waals surface area contributed by atoms with Crippen LogP contribution in [-0.4, -0.2) is 23.3 Å². The lowest BCUT2D eigenvalue weighted by Gasteiger charge is -2.61. The van der Waals surface area contributed by atoms with Crippen molar-refractivity contribution < 1.29 is 14.3 Å². The van der Waals surface area contributed by atoms with Gasteiger partial charge in [-0.1, -0.05) is 19.8 Å². The second kappa shape index (κ2) is 6.50. The van der Waals surface area contributed by atoms with E-state index in [1.54, 1.807) is 0 Å². The van der Waals surface area contributed by atoms with Crippen molar-refractivity contribution >= 4 is 5.97 Å². The fourth-order valence-electron chi connectivity index (χ4n) is 6.75. The minimum Gasteiger partial charge on any atom is -0.459 e. The van der Waals surface area contributed by atoms with E-state index in [0.29, 0.717) is 17.9 Å². The van der Waals surface area contributed by atoms with Crippen molar-refractivity contribution in [2.24, 2.45) is 23.2 Å². The summed E-state index contributed by atoms with van der Waals surface area (Å²) in [5, 5.41) is 0. The van der Waals surface area contributed by atoms with Gasteiger partial charge in [0.05, 0.1) is 17.1 Å². The van der Waals surface area contributed by atoms with Crippen LogP contribution in [0.2, 0.25) is 0 Å². The Morgan fingerprint density at radius 1 is 1.08 bits per heavy atom. The van der Waals surface area contributed by atoms with Crippen molar-refractivity contribution in [1.29, 1.82) is 0 Å². The highest BCUT2D eigenvalue weighted by Gasteiger charge is 2.61. The van der Waals surface area contributed by atoms with Crippen LogP contribution in [0.5, 0.6) is 0 Å². The van der Waals surface area contributed by atoms with Gasteiger partial charge in [-0.3, -0.25) is 4.79 Å². The Balaban J connectivity index is 1.50. The van der Waals surface area contributed by atoms with Crippen LogP contribution < -0.4 is 0 Å². The SMILES string of the molecule is CCC(C)(C)C(=O)OC12CC3CC(C1)CC(OC(C)C1CCCC1)(C3)C2. The Labute approximate surface area is 159 Å². The molecule has 3 atom stereocenters. The van der Waals surface area contributed by atoms with Gasteiger partial charge in [0, 0.05) is 6.42 Å². The van der Waals surface area contributed by atoms with Crippen LogP contribution >= 0.6 is 0 Å². The van der Waals surface area contributed by atoms with Crippen molar-refractivity contribution in [2.45, 2.75) is 116 Å². The normalized spacial score (nSPS) is 40.8. The Bertz CT molecular complexity index is 532. The first-order valence-electron chi connectivity index (χ1n) is 11.2. The fraction of sp³-hybridized carbons (Fsp3) is 0.957. The summed E-state index contributed by atoms with van der Waals surface area (Å²) in [6, 6.07) is 0. The standard InChI is InChI=1S/C23H38O3/c1-5-21(3,4)20(24)26-23-13-17-10-18(14-23)12-22(11-17,15-23)25-16(2)19-8-6-7-9-19/h16-19H,5-15H2,1-4H3. The van der Waals surface area contributed by atoms with E-state index in [0.717, 1.165) is 31.6 Å². The number of ether oxygens (including phenoxy) is 2. The summed E-state index contributed by atoms with van der Waals surface area (Å²) in [6.07, 6.45) is 13.3. The van der Waals surface area contributed by atoms with E-state index in [1.165, 1.54) is 44.9 Å². The van der Waals surface area contributed by atoms with Gasteiger partial charge in [0.25, 0.3) is 0 Å². The van der Waals surface area contributed by atoms with Crippen molar-refractivity contribution in [1.82, 2.24) is 0 Å². The molecule has 0 heterocycles. The van der Waals surface area contributed by atoms with Gasteiger partial charge in [-0.25, -0.2) is 0 Å². The highest BCUT2D eigenvalue weighted by Crippen LogP contribution is 2.61. The minimum atomic E-state index is -0.380. The maximum atomic E-state index is 12.9. The molecule has 0 spiro atoms. The van der Waals surface area contributed by atoms with Crippen LogP contribution in [-0.2, 0) is 14.3 Å². The third kappa shape index (κ3) is 3.34. The summed E-state index contributed by atoms with van der Waals surface area (Å²) in [7, 11) is 0. The molecule has 5 aliphatic rings. The molecule has 0 amide bonds. The molecule has 4 bridgehead atoms. The van der Waals surface area contributed by atoms with Crippen LogP contribution in [0.4, 0.5) is 0 Å². The van der Waals surface area contributed by atoms with E-state index < -0.39 is 0 Å². The Morgan fingerprint density at radius 3 is 2.23 bits per heavy atom. The van der Waals surface area contributed by atoms with Crippen molar-refractivity contribution in [3.05, 3.63) is 0 Å². The summed E-state index contributed by atoms with van der Waals surface area (Å²) in [6.45, 7) is 8.41. The summed E-state index contributed by atoms with van der Waals surface area (Å²) in [5.41, 5.74) is -0.653. The summed E-state index contributed by atoms with van der Waals surface area (Å²) >= 11 is 0. The summed E-state index contributed by atoms with van der Waals surface area (Å²) < 4.78 is 13.2. The van der Waals surface area contributed by atoms with Gasteiger partial charge in [-0.05, 0) is 89.9 Å². The molecular formula is C23H38O3. The van der Waals surface area contributed by atoms with Gasteiger partial charge in [0.1, 0.15) is 5.60 Å². The molecule has 3 nitrogen and oxygen atoms in total. The van der Waals surface area contributed by atoms with E-state index in [9.17, 15) is 4.79 Å². The minimum absolute atomic E-state index is 0.000872. The largest absolute Gasteiger partial charge is 0.459 e. The number of esters is 1. The van der Waals surface area contributed by atoms with E-state index in [4.69, 9.17) is 9.47 Å². The molecule has 26 heavy (non-hydrogen) atoms. The number of rotatable bonds is 6. The van der Waals surface area contributed by atoms with Gasteiger partial charge in [-0.2, -0.15) is 0 Å². The highest BCUT2D eigenvalue weighted by molar-refractivity contribution is 5.76. The van der Waals surface area contributed by atoms with Gasteiger partial charge < -0.3 is 9.47 Å². The first kappa shape index (κ1) is 18.8. The van der Waals surface area contributed by atoms with Crippen LogP contribution in [0.15, 0.2) is 0 Å². The second-order valence-electron chi connectivity index (χ2n) is 10.8. The summed E-state index contributed by atoms with van der Waals surface area (Å²) in [4.78, 5) is 12.9. The van der Waals surface area contributed by atoms with Crippen molar-refractivity contribution in [3.8, 4) is 0 Å². The van der Waals surface area contributed by atoms with Crippen LogP contribution in [0.3, 0.4) is 0 Å². The van der Waals surface area contributed by atoms with E-state index in [1.807, 2.05) is 13.8 Å². The highest BCUT2D eigenvalue weighted by atomic mass is 16.6. The molecule has 3 unspecified atom stereocenters. The monoisotopic (exact) mass is 362 g/mol. The molecule has 0 aliphatic heterocycles. The number of carbonyl (C=O) groups is 1. The zero-order valence-electron chi connectivity index (χ0n) is 17.3. The topological polar surface area (TPSA) is 35.5 Å². The number of carbonyl (C=O) groups excluding carboxylic acids is 1. The molecule has 0 aromatic heterocycles. The van der Waals surface area contributed by atoms with Crippen molar-refractivity contribution in [3.63, 3.8) is 0 Å². The van der Waals surface area contributed by atoms with E-state index in [2.05, 4.69) is 13.8 Å². The first-order valence-corrected chi connectivity index (χ1v) is 11.2. The molecule has 3 heteroatoms. The maximum Gasteiger partial charge on any atom is 0.312 e. The molecular weight excluding hydrogens is 324 g/mol. The van der Waals surface area contributed by atoms with Gasteiger partial charge in [-0.15, -0.1) is 0 Å². The Hall–Kier alpha value is -0.570. The van der Waals surface area contributed by atoms with Gasteiger partial charge >= 0.3 is 5.97 Å². The van der Waals surface area contributed by atoms with Crippen LogP contribution in [0.1, 0.15) is 98.3 Å². The first-order chi connectivity index (χ1) is 12.2. The van der Waals surface area contributed by atoms with Gasteiger partial charge in [0.15, 0.2) is 0 Å². The quantitative estimate of drug-likeness (QED) is 0.573. The molecule has 5 fully saturated rings. The molecule has 0 aromatic rings. The zero-order chi connectivity index (χ0) is 18.6. The fourth-order valence-corrected chi connectivity index (χ4v) is 6.75. The molecule has 0 saturated heterocycles. The Kier molecular flexibility index (Phi) is 4.69. The predicted octanol–water partition coefficient (Wildman–Crippen LogP) is 5.65. The molecule has 5 aliphatic carbocycles. The van der Waals surface area contributed by atoms with Crippen LogP contribution in [0, 0.1) is 23.2 Å². The third-order valence-corrected chi connectivity index (χ3v) is 8.20. The molecule has 0 aromatic carbocycles. The molecule has 0 radical (unpaired) electrons. The molecule has 5 rings (SSSR count). The van der Waals surface area contributed by atoms with Crippen LogP contribution in [0.25, 0.3) is 0 Å². The average Bonchev–Trinajstić information content (AvgIpc) is 3.07.